The first kappa shape index (κ1) is 12.8. The maximum atomic E-state index is 9.09. The molecule has 1 aromatic rings. The van der Waals surface area contributed by atoms with Crippen LogP contribution in [0.15, 0.2) is 18.2 Å². The van der Waals surface area contributed by atoms with Crippen molar-refractivity contribution in [1.29, 1.82) is 5.26 Å². The molecule has 0 aromatic heterocycles. The molecule has 0 saturated carbocycles. The Morgan fingerprint density at radius 3 is 2.94 bits per heavy atom. The lowest BCUT2D eigenvalue weighted by Crippen LogP contribution is -2.07. The Hall–Kier alpha value is -1.24. The highest BCUT2D eigenvalue weighted by Gasteiger charge is 2.05. The van der Waals surface area contributed by atoms with Crippen molar-refractivity contribution in [1.82, 2.24) is 0 Å². The Bertz CT molecular complexity index is 385. The lowest BCUT2D eigenvalue weighted by Gasteiger charge is -2.09. The Labute approximate surface area is 101 Å². The maximum absolute atomic E-state index is 9.09. The van der Waals surface area contributed by atoms with Gasteiger partial charge in [0.25, 0.3) is 0 Å². The van der Waals surface area contributed by atoms with Gasteiger partial charge in [-0.05, 0) is 31.9 Å². The quantitative estimate of drug-likeness (QED) is 0.776. The SMILES string of the molecule is CC(O)CCCNc1cccc(Cl)c1C#N. The van der Waals surface area contributed by atoms with E-state index in [1.165, 1.54) is 0 Å². The van der Waals surface area contributed by atoms with Crippen LogP contribution in [0.4, 0.5) is 5.69 Å². The predicted molar refractivity (Wildman–Crippen MR) is 65.6 cm³/mol. The number of hydrogen-bond donors (Lipinski definition) is 2. The van der Waals surface area contributed by atoms with Gasteiger partial charge in [0.1, 0.15) is 6.07 Å². The summed E-state index contributed by atoms with van der Waals surface area (Å²) in [5.41, 5.74) is 1.22. The van der Waals surface area contributed by atoms with E-state index < -0.39 is 0 Å². The third kappa shape index (κ3) is 3.73. The molecule has 1 aromatic carbocycles. The van der Waals surface area contributed by atoms with E-state index in [9.17, 15) is 0 Å². The van der Waals surface area contributed by atoms with E-state index in [-0.39, 0.29) is 6.10 Å². The van der Waals surface area contributed by atoms with Crippen molar-refractivity contribution in [3.05, 3.63) is 28.8 Å². The van der Waals surface area contributed by atoms with Crippen LogP contribution in [0.2, 0.25) is 5.02 Å². The number of nitriles is 1. The monoisotopic (exact) mass is 238 g/mol. The van der Waals surface area contributed by atoms with Crippen molar-refractivity contribution in [3.63, 3.8) is 0 Å². The number of nitrogens with one attached hydrogen (secondary N) is 1. The second kappa shape index (κ2) is 6.37. The molecule has 16 heavy (non-hydrogen) atoms. The highest BCUT2D eigenvalue weighted by molar-refractivity contribution is 6.32. The number of rotatable bonds is 5. The predicted octanol–water partition coefficient (Wildman–Crippen LogP) is 2.78. The summed E-state index contributed by atoms with van der Waals surface area (Å²) in [4.78, 5) is 0. The third-order valence-corrected chi connectivity index (χ3v) is 2.55. The molecule has 0 radical (unpaired) electrons. The largest absolute Gasteiger partial charge is 0.393 e. The number of halogens is 1. The summed E-state index contributed by atoms with van der Waals surface area (Å²) in [7, 11) is 0. The summed E-state index contributed by atoms with van der Waals surface area (Å²) in [5.74, 6) is 0. The molecule has 4 heteroatoms. The minimum atomic E-state index is -0.281. The van der Waals surface area contributed by atoms with Crippen LogP contribution in [0.3, 0.4) is 0 Å². The fourth-order valence-corrected chi connectivity index (χ4v) is 1.62. The molecule has 1 atom stereocenters. The first-order chi connectivity index (χ1) is 7.65. The van der Waals surface area contributed by atoms with Crippen LogP contribution in [-0.2, 0) is 0 Å². The van der Waals surface area contributed by atoms with Crippen LogP contribution in [-0.4, -0.2) is 17.8 Å². The Balaban J connectivity index is 2.54. The maximum Gasteiger partial charge on any atom is 0.103 e. The van der Waals surface area contributed by atoms with Gasteiger partial charge in [-0.2, -0.15) is 5.26 Å². The highest BCUT2D eigenvalue weighted by atomic mass is 35.5. The molecule has 0 aliphatic carbocycles. The Kier molecular flexibility index (Phi) is 5.10. The fourth-order valence-electron chi connectivity index (χ4n) is 1.41. The van der Waals surface area contributed by atoms with E-state index in [4.69, 9.17) is 22.0 Å². The van der Waals surface area contributed by atoms with E-state index in [1.54, 1.807) is 19.1 Å². The van der Waals surface area contributed by atoms with Gasteiger partial charge in [-0.15, -0.1) is 0 Å². The smallest absolute Gasteiger partial charge is 0.103 e. The third-order valence-electron chi connectivity index (χ3n) is 2.24. The van der Waals surface area contributed by atoms with Gasteiger partial charge in [-0.25, -0.2) is 0 Å². The Morgan fingerprint density at radius 2 is 2.31 bits per heavy atom. The minimum absolute atomic E-state index is 0.281. The number of nitrogens with zero attached hydrogens (tertiary/aromatic N) is 1. The molecule has 0 aliphatic rings. The summed E-state index contributed by atoms with van der Waals surface area (Å²) in [6.45, 7) is 2.49. The number of aliphatic hydroxyl groups excluding tert-OH is 1. The average Bonchev–Trinajstić information content (AvgIpc) is 2.24. The fraction of sp³-hybridized carbons (Fsp3) is 0.417. The molecule has 0 spiro atoms. The van der Waals surface area contributed by atoms with E-state index >= 15 is 0 Å². The number of aliphatic hydroxyl groups is 1. The molecular formula is C12H15ClN2O. The zero-order valence-corrected chi connectivity index (χ0v) is 9.96. The van der Waals surface area contributed by atoms with Crippen LogP contribution in [0, 0.1) is 11.3 Å². The first-order valence-corrected chi connectivity index (χ1v) is 5.63. The molecule has 1 unspecified atom stereocenters. The van der Waals surface area contributed by atoms with E-state index in [0.29, 0.717) is 10.6 Å². The Morgan fingerprint density at radius 1 is 1.56 bits per heavy atom. The molecular weight excluding hydrogens is 224 g/mol. The summed E-state index contributed by atoms with van der Waals surface area (Å²) >= 11 is 5.89. The van der Waals surface area contributed by atoms with Crippen molar-refractivity contribution in [3.8, 4) is 6.07 Å². The number of hydrogen-bond acceptors (Lipinski definition) is 3. The van der Waals surface area contributed by atoms with Crippen molar-refractivity contribution < 1.29 is 5.11 Å². The summed E-state index contributed by atoms with van der Waals surface area (Å²) in [6, 6.07) is 7.40. The highest BCUT2D eigenvalue weighted by Crippen LogP contribution is 2.23. The molecule has 0 heterocycles. The average molecular weight is 239 g/mol. The van der Waals surface area contributed by atoms with Crippen LogP contribution < -0.4 is 5.32 Å². The van der Waals surface area contributed by atoms with Gasteiger partial charge in [0.2, 0.25) is 0 Å². The van der Waals surface area contributed by atoms with E-state index in [2.05, 4.69) is 11.4 Å². The molecule has 0 aliphatic heterocycles. The molecule has 0 bridgehead atoms. The van der Waals surface area contributed by atoms with Crippen LogP contribution in [0.25, 0.3) is 0 Å². The molecule has 0 saturated heterocycles. The summed E-state index contributed by atoms with van der Waals surface area (Å²) < 4.78 is 0. The molecule has 0 fully saturated rings. The molecule has 0 amide bonds. The van der Waals surface area contributed by atoms with Gasteiger partial charge in [-0.1, -0.05) is 17.7 Å². The van der Waals surface area contributed by atoms with Crippen molar-refractivity contribution >= 4 is 17.3 Å². The molecule has 3 nitrogen and oxygen atoms in total. The van der Waals surface area contributed by atoms with Crippen LogP contribution in [0.1, 0.15) is 25.3 Å². The number of anilines is 1. The normalized spacial score (nSPS) is 11.9. The summed E-state index contributed by atoms with van der Waals surface area (Å²) in [6.07, 6.45) is 1.32. The number of benzene rings is 1. The van der Waals surface area contributed by atoms with E-state index in [0.717, 1.165) is 25.1 Å². The van der Waals surface area contributed by atoms with Crippen molar-refractivity contribution in [2.75, 3.05) is 11.9 Å². The van der Waals surface area contributed by atoms with Crippen molar-refractivity contribution in [2.45, 2.75) is 25.9 Å². The van der Waals surface area contributed by atoms with Gasteiger partial charge in [0, 0.05) is 6.54 Å². The lowest BCUT2D eigenvalue weighted by molar-refractivity contribution is 0.183. The first-order valence-electron chi connectivity index (χ1n) is 5.25. The second-order valence-electron chi connectivity index (χ2n) is 3.69. The van der Waals surface area contributed by atoms with Gasteiger partial charge >= 0.3 is 0 Å². The molecule has 2 N–H and O–H groups in total. The van der Waals surface area contributed by atoms with Crippen molar-refractivity contribution in [2.24, 2.45) is 0 Å². The topological polar surface area (TPSA) is 56.0 Å². The molecule has 86 valence electrons. The molecule has 1 rings (SSSR count). The summed E-state index contributed by atoms with van der Waals surface area (Å²) in [5, 5.41) is 21.6. The van der Waals surface area contributed by atoms with E-state index in [1.807, 2.05) is 6.07 Å². The van der Waals surface area contributed by atoms with Crippen LogP contribution in [0.5, 0.6) is 0 Å². The van der Waals surface area contributed by atoms with Gasteiger partial charge < -0.3 is 10.4 Å². The second-order valence-corrected chi connectivity index (χ2v) is 4.10. The van der Waals surface area contributed by atoms with Gasteiger partial charge in [0.05, 0.1) is 22.4 Å². The minimum Gasteiger partial charge on any atom is -0.393 e. The lowest BCUT2D eigenvalue weighted by atomic mass is 10.2. The zero-order valence-electron chi connectivity index (χ0n) is 9.20. The zero-order chi connectivity index (χ0) is 12.0. The van der Waals surface area contributed by atoms with Crippen LogP contribution >= 0.6 is 11.6 Å². The van der Waals surface area contributed by atoms with Gasteiger partial charge in [0.15, 0.2) is 0 Å². The van der Waals surface area contributed by atoms with Gasteiger partial charge in [-0.3, -0.25) is 0 Å². The standard InChI is InChI=1S/C12H15ClN2O/c1-9(16)4-3-7-15-12-6-2-5-11(13)10(12)8-14/h2,5-6,9,15-16H,3-4,7H2,1H3.